The van der Waals surface area contributed by atoms with Crippen LogP contribution in [0.2, 0.25) is 0 Å². The van der Waals surface area contributed by atoms with E-state index in [2.05, 4.69) is 43.0 Å². The van der Waals surface area contributed by atoms with Crippen LogP contribution < -0.4 is 5.73 Å². The maximum Gasteiger partial charge on any atom is 0.0345 e. The van der Waals surface area contributed by atoms with Crippen molar-refractivity contribution in [3.05, 3.63) is 35.4 Å². The van der Waals surface area contributed by atoms with E-state index in [0.29, 0.717) is 12.1 Å². The van der Waals surface area contributed by atoms with Crippen LogP contribution in [-0.4, -0.2) is 24.0 Å². The van der Waals surface area contributed by atoms with Gasteiger partial charge in [0, 0.05) is 25.2 Å². The highest BCUT2D eigenvalue weighted by atomic mass is 15.2. The van der Waals surface area contributed by atoms with Gasteiger partial charge in [-0.1, -0.05) is 36.8 Å². The maximum atomic E-state index is 5.97. The fourth-order valence-electron chi connectivity index (χ4n) is 2.72. The quantitative estimate of drug-likeness (QED) is 0.868. The molecule has 1 aliphatic rings. The summed E-state index contributed by atoms with van der Waals surface area (Å²) < 4.78 is 0. The van der Waals surface area contributed by atoms with Gasteiger partial charge in [0.05, 0.1) is 0 Å². The van der Waals surface area contributed by atoms with Crippen LogP contribution >= 0.6 is 0 Å². The summed E-state index contributed by atoms with van der Waals surface area (Å²) in [5.41, 5.74) is 8.76. The van der Waals surface area contributed by atoms with Crippen molar-refractivity contribution < 1.29 is 0 Å². The number of nitrogens with zero attached hydrogens (tertiary/aromatic N) is 1. The molecule has 0 saturated carbocycles. The molecule has 2 heteroatoms. The van der Waals surface area contributed by atoms with Crippen LogP contribution in [0.15, 0.2) is 24.3 Å². The number of aryl methyl sites for hydroxylation is 1. The standard InChI is InChI=1S/C15H24N2/c1-3-15(13-6-4-12(2)5-7-13)17-10-8-14(16)9-11-17/h4-7,14-15H,3,8-11,16H2,1-2H3. The van der Waals surface area contributed by atoms with Crippen LogP contribution in [0, 0.1) is 6.92 Å². The minimum absolute atomic E-state index is 0.418. The first-order valence-corrected chi connectivity index (χ1v) is 6.77. The van der Waals surface area contributed by atoms with Gasteiger partial charge in [-0.05, 0) is 31.7 Å². The van der Waals surface area contributed by atoms with E-state index in [4.69, 9.17) is 5.73 Å². The van der Waals surface area contributed by atoms with Gasteiger partial charge in [0.25, 0.3) is 0 Å². The maximum absolute atomic E-state index is 5.97. The summed E-state index contributed by atoms with van der Waals surface area (Å²) in [5, 5.41) is 0. The van der Waals surface area contributed by atoms with E-state index >= 15 is 0 Å². The minimum Gasteiger partial charge on any atom is -0.328 e. The molecule has 94 valence electrons. The highest BCUT2D eigenvalue weighted by Crippen LogP contribution is 2.27. The van der Waals surface area contributed by atoms with Gasteiger partial charge >= 0.3 is 0 Å². The zero-order chi connectivity index (χ0) is 12.3. The Labute approximate surface area is 105 Å². The molecule has 1 saturated heterocycles. The summed E-state index contributed by atoms with van der Waals surface area (Å²) in [5.74, 6) is 0. The van der Waals surface area contributed by atoms with Crippen molar-refractivity contribution >= 4 is 0 Å². The molecule has 1 aromatic carbocycles. The van der Waals surface area contributed by atoms with Crippen LogP contribution in [0.25, 0.3) is 0 Å². The molecule has 0 aromatic heterocycles. The van der Waals surface area contributed by atoms with Crippen molar-refractivity contribution in [2.24, 2.45) is 5.73 Å². The molecule has 17 heavy (non-hydrogen) atoms. The van der Waals surface area contributed by atoms with Gasteiger partial charge in [0.2, 0.25) is 0 Å². The van der Waals surface area contributed by atoms with Gasteiger partial charge in [-0.3, -0.25) is 4.90 Å². The summed E-state index contributed by atoms with van der Waals surface area (Å²) in [4.78, 5) is 2.59. The third-order valence-corrected chi connectivity index (χ3v) is 3.86. The predicted molar refractivity (Wildman–Crippen MR) is 73.0 cm³/mol. The van der Waals surface area contributed by atoms with E-state index in [-0.39, 0.29) is 0 Å². The Morgan fingerprint density at radius 1 is 1.24 bits per heavy atom. The molecule has 1 heterocycles. The van der Waals surface area contributed by atoms with Crippen molar-refractivity contribution in [2.45, 2.75) is 45.2 Å². The molecule has 0 amide bonds. The van der Waals surface area contributed by atoms with Crippen molar-refractivity contribution in [1.29, 1.82) is 0 Å². The Balaban J connectivity index is 2.08. The molecule has 1 unspecified atom stereocenters. The number of hydrogen-bond donors (Lipinski definition) is 1. The van der Waals surface area contributed by atoms with E-state index in [1.54, 1.807) is 0 Å². The van der Waals surface area contributed by atoms with Gasteiger partial charge in [-0.2, -0.15) is 0 Å². The Hall–Kier alpha value is -0.860. The smallest absolute Gasteiger partial charge is 0.0345 e. The third kappa shape index (κ3) is 3.08. The lowest BCUT2D eigenvalue weighted by atomic mass is 9.97. The van der Waals surface area contributed by atoms with E-state index in [0.717, 1.165) is 25.9 Å². The molecular weight excluding hydrogens is 208 g/mol. The molecule has 1 aliphatic heterocycles. The average Bonchev–Trinajstić information content (AvgIpc) is 2.35. The van der Waals surface area contributed by atoms with E-state index in [1.165, 1.54) is 17.5 Å². The molecule has 0 spiro atoms. The number of benzene rings is 1. The summed E-state index contributed by atoms with van der Waals surface area (Å²) in [6.45, 7) is 6.71. The molecule has 1 fully saturated rings. The fraction of sp³-hybridized carbons (Fsp3) is 0.600. The number of hydrogen-bond acceptors (Lipinski definition) is 2. The van der Waals surface area contributed by atoms with Gasteiger partial charge in [0.1, 0.15) is 0 Å². The van der Waals surface area contributed by atoms with E-state index < -0.39 is 0 Å². The Morgan fingerprint density at radius 3 is 2.35 bits per heavy atom. The Kier molecular flexibility index (Phi) is 4.19. The number of piperidine rings is 1. The van der Waals surface area contributed by atoms with E-state index in [9.17, 15) is 0 Å². The molecule has 2 rings (SSSR count). The largest absolute Gasteiger partial charge is 0.328 e. The predicted octanol–water partition coefficient (Wildman–Crippen LogP) is 2.87. The molecule has 1 aromatic rings. The summed E-state index contributed by atoms with van der Waals surface area (Å²) in [7, 11) is 0. The average molecular weight is 232 g/mol. The van der Waals surface area contributed by atoms with Crippen LogP contribution in [0.1, 0.15) is 43.4 Å². The van der Waals surface area contributed by atoms with Crippen LogP contribution in [-0.2, 0) is 0 Å². The second-order valence-corrected chi connectivity index (χ2v) is 5.21. The van der Waals surface area contributed by atoms with Crippen LogP contribution in [0.3, 0.4) is 0 Å². The SMILES string of the molecule is CCC(c1ccc(C)cc1)N1CCC(N)CC1. The molecule has 0 bridgehead atoms. The number of rotatable bonds is 3. The van der Waals surface area contributed by atoms with Crippen molar-refractivity contribution in [2.75, 3.05) is 13.1 Å². The zero-order valence-electron chi connectivity index (χ0n) is 11.0. The first-order valence-electron chi connectivity index (χ1n) is 6.77. The first kappa shape index (κ1) is 12.6. The Bertz CT molecular complexity index is 336. The third-order valence-electron chi connectivity index (χ3n) is 3.86. The molecule has 1 atom stereocenters. The molecular formula is C15H24N2. The molecule has 2 nitrogen and oxygen atoms in total. The van der Waals surface area contributed by atoms with Crippen LogP contribution in [0.4, 0.5) is 0 Å². The van der Waals surface area contributed by atoms with Gasteiger partial charge in [0.15, 0.2) is 0 Å². The fourth-order valence-corrected chi connectivity index (χ4v) is 2.72. The summed E-state index contributed by atoms with van der Waals surface area (Å²) in [6.07, 6.45) is 3.46. The number of likely N-dealkylation sites (tertiary alicyclic amines) is 1. The monoisotopic (exact) mass is 232 g/mol. The van der Waals surface area contributed by atoms with Gasteiger partial charge in [-0.25, -0.2) is 0 Å². The van der Waals surface area contributed by atoms with Crippen molar-refractivity contribution in [3.8, 4) is 0 Å². The van der Waals surface area contributed by atoms with Crippen LogP contribution in [0.5, 0.6) is 0 Å². The minimum atomic E-state index is 0.418. The first-order chi connectivity index (χ1) is 8.20. The Morgan fingerprint density at radius 2 is 1.82 bits per heavy atom. The zero-order valence-corrected chi connectivity index (χ0v) is 11.0. The summed E-state index contributed by atoms with van der Waals surface area (Å²) >= 11 is 0. The van der Waals surface area contributed by atoms with Crippen molar-refractivity contribution in [1.82, 2.24) is 4.90 Å². The van der Waals surface area contributed by atoms with Gasteiger partial charge < -0.3 is 5.73 Å². The normalized spacial score (nSPS) is 20.4. The highest BCUT2D eigenvalue weighted by molar-refractivity contribution is 5.24. The lowest BCUT2D eigenvalue weighted by Crippen LogP contribution is -2.41. The lowest BCUT2D eigenvalue weighted by Gasteiger charge is -2.36. The van der Waals surface area contributed by atoms with E-state index in [1.807, 2.05) is 0 Å². The number of nitrogens with two attached hydrogens (primary N) is 1. The van der Waals surface area contributed by atoms with Gasteiger partial charge in [-0.15, -0.1) is 0 Å². The second kappa shape index (κ2) is 5.65. The highest BCUT2D eigenvalue weighted by Gasteiger charge is 2.23. The second-order valence-electron chi connectivity index (χ2n) is 5.21. The topological polar surface area (TPSA) is 29.3 Å². The molecule has 0 aliphatic carbocycles. The summed E-state index contributed by atoms with van der Waals surface area (Å²) in [6, 6.07) is 9.97. The molecule has 0 radical (unpaired) electrons. The molecule has 2 N–H and O–H groups in total. The van der Waals surface area contributed by atoms with Crippen molar-refractivity contribution in [3.63, 3.8) is 0 Å². The lowest BCUT2D eigenvalue weighted by molar-refractivity contribution is 0.149.